The van der Waals surface area contributed by atoms with Crippen molar-refractivity contribution in [3.05, 3.63) is 47.7 Å². The zero-order valence-electron chi connectivity index (χ0n) is 12.9. The van der Waals surface area contributed by atoms with Crippen molar-refractivity contribution in [2.24, 2.45) is 0 Å². The molecule has 0 radical (unpaired) electrons. The van der Waals surface area contributed by atoms with E-state index in [1.54, 1.807) is 31.2 Å². The van der Waals surface area contributed by atoms with Gasteiger partial charge in [-0.1, -0.05) is 12.1 Å². The lowest BCUT2D eigenvalue weighted by Crippen LogP contribution is -2.29. The second-order valence-electron chi connectivity index (χ2n) is 5.22. The van der Waals surface area contributed by atoms with Crippen LogP contribution in [-0.2, 0) is 0 Å². The Bertz CT molecular complexity index is 619. The predicted octanol–water partition coefficient (Wildman–Crippen LogP) is 2.23. The zero-order valence-corrected chi connectivity index (χ0v) is 12.9. The van der Waals surface area contributed by atoms with E-state index in [9.17, 15) is 9.90 Å². The molecule has 118 valence electrons. The third kappa shape index (κ3) is 4.08. The van der Waals surface area contributed by atoms with Gasteiger partial charge in [0.25, 0.3) is 5.91 Å². The fourth-order valence-corrected chi connectivity index (χ4v) is 1.95. The highest BCUT2D eigenvalue weighted by Gasteiger charge is 2.15. The highest BCUT2D eigenvalue weighted by molar-refractivity contribution is 5.93. The number of hydrogen-bond acceptors (Lipinski definition) is 5. The van der Waals surface area contributed by atoms with Gasteiger partial charge in [-0.25, -0.2) is 4.98 Å². The number of aliphatic hydroxyl groups excluding tert-OH is 1. The maximum atomic E-state index is 11.9. The summed E-state index contributed by atoms with van der Waals surface area (Å²) < 4.78 is 10.5. The van der Waals surface area contributed by atoms with Crippen LogP contribution >= 0.6 is 0 Å². The first-order valence-electron chi connectivity index (χ1n) is 7.10. The Balaban J connectivity index is 1.90. The zero-order chi connectivity index (χ0) is 16.1. The number of ether oxygens (including phenoxy) is 1. The summed E-state index contributed by atoms with van der Waals surface area (Å²) in [6.45, 7) is 5.65. The van der Waals surface area contributed by atoms with Crippen molar-refractivity contribution in [2.45, 2.75) is 33.0 Å². The van der Waals surface area contributed by atoms with Gasteiger partial charge in [0.15, 0.2) is 12.1 Å². The molecule has 2 N–H and O–H groups in total. The summed E-state index contributed by atoms with van der Waals surface area (Å²) in [6.07, 6.45) is 0.513. The molecule has 0 aliphatic carbocycles. The third-order valence-corrected chi connectivity index (χ3v) is 3.05. The van der Waals surface area contributed by atoms with Gasteiger partial charge in [0.1, 0.15) is 11.5 Å². The number of carbonyl (C=O) groups excluding carboxylic acids is 1. The number of nitrogens with zero attached hydrogens (tertiary/aromatic N) is 1. The van der Waals surface area contributed by atoms with Crippen LogP contribution in [0.4, 0.5) is 0 Å². The number of amides is 1. The molecular formula is C16H20N2O4. The van der Waals surface area contributed by atoms with E-state index in [1.807, 2.05) is 13.8 Å². The first kappa shape index (κ1) is 16.0. The van der Waals surface area contributed by atoms with E-state index in [1.165, 1.54) is 6.39 Å². The van der Waals surface area contributed by atoms with Crippen LogP contribution in [0.2, 0.25) is 0 Å². The summed E-state index contributed by atoms with van der Waals surface area (Å²) in [5.41, 5.74) is 0.932. The third-order valence-electron chi connectivity index (χ3n) is 3.05. The number of aromatic nitrogens is 1. The smallest absolute Gasteiger partial charge is 0.273 e. The number of benzene rings is 1. The van der Waals surface area contributed by atoms with Crippen molar-refractivity contribution in [1.82, 2.24) is 10.3 Å². The molecule has 0 aliphatic rings. The van der Waals surface area contributed by atoms with Gasteiger partial charge in [0, 0.05) is 6.54 Å². The van der Waals surface area contributed by atoms with E-state index in [4.69, 9.17) is 9.15 Å². The molecule has 0 fully saturated rings. The first-order chi connectivity index (χ1) is 10.5. The van der Waals surface area contributed by atoms with E-state index < -0.39 is 6.10 Å². The monoisotopic (exact) mass is 304 g/mol. The SMILES string of the molecule is Cc1ocnc1C(=O)NCC(O)c1ccc(OC(C)C)cc1. The van der Waals surface area contributed by atoms with Crippen LogP contribution < -0.4 is 10.1 Å². The van der Waals surface area contributed by atoms with Gasteiger partial charge in [0.2, 0.25) is 0 Å². The molecule has 0 saturated heterocycles. The van der Waals surface area contributed by atoms with Crippen molar-refractivity contribution in [2.75, 3.05) is 6.54 Å². The van der Waals surface area contributed by atoms with Crippen LogP contribution in [0.5, 0.6) is 5.75 Å². The number of carbonyl (C=O) groups is 1. The molecule has 1 heterocycles. The molecule has 22 heavy (non-hydrogen) atoms. The van der Waals surface area contributed by atoms with Gasteiger partial charge in [-0.05, 0) is 38.5 Å². The van der Waals surface area contributed by atoms with E-state index >= 15 is 0 Å². The van der Waals surface area contributed by atoms with Gasteiger partial charge in [-0.3, -0.25) is 4.79 Å². The Morgan fingerprint density at radius 1 is 1.36 bits per heavy atom. The molecule has 1 unspecified atom stereocenters. The molecule has 2 aromatic rings. The van der Waals surface area contributed by atoms with Crippen LogP contribution in [0.15, 0.2) is 35.1 Å². The summed E-state index contributed by atoms with van der Waals surface area (Å²) in [5.74, 6) is 0.820. The highest BCUT2D eigenvalue weighted by Crippen LogP contribution is 2.18. The van der Waals surface area contributed by atoms with E-state index in [2.05, 4.69) is 10.3 Å². The molecule has 0 saturated carbocycles. The van der Waals surface area contributed by atoms with Crippen molar-refractivity contribution in [3.8, 4) is 5.75 Å². The molecule has 0 spiro atoms. The first-order valence-corrected chi connectivity index (χ1v) is 7.10. The van der Waals surface area contributed by atoms with E-state index in [0.717, 1.165) is 5.75 Å². The summed E-state index contributed by atoms with van der Waals surface area (Å²) in [6, 6.07) is 7.14. The standard InChI is InChI=1S/C16H20N2O4/c1-10(2)22-13-6-4-12(5-7-13)14(19)8-17-16(20)15-11(3)21-9-18-15/h4-7,9-10,14,19H,8H2,1-3H3,(H,17,20). The van der Waals surface area contributed by atoms with Crippen molar-refractivity contribution in [1.29, 1.82) is 0 Å². The second-order valence-corrected chi connectivity index (χ2v) is 5.22. The van der Waals surface area contributed by atoms with Crippen LogP contribution in [0.25, 0.3) is 0 Å². The van der Waals surface area contributed by atoms with Gasteiger partial charge in [-0.15, -0.1) is 0 Å². The summed E-state index contributed by atoms with van der Waals surface area (Å²) in [5, 5.41) is 12.7. The molecule has 6 heteroatoms. The number of oxazole rings is 1. The van der Waals surface area contributed by atoms with Crippen molar-refractivity contribution < 1.29 is 19.1 Å². The quantitative estimate of drug-likeness (QED) is 0.855. The molecule has 1 atom stereocenters. The van der Waals surface area contributed by atoms with Crippen molar-refractivity contribution >= 4 is 5.91 Å². The number of aliphatic hydroxyl groups is 1. The van der Waals surface area contributed by atoms with Gasteiger partial charge >= 0.3 is 0 Å². The molecular weight excluding hydrogens is 284 g/mol. The lowest BCUT2D eigenvalue weighted by molar-refractivity contribution is 0.0910. The Morgan fingerprint density at radius 2 is 2.05 bits per heavy atom. The Morgan fingerprint density at radius 3 is 2.59 bits per heavy atom. The van der Waals surface area contributed by atoms with E-state index in [0.29, 0.717) is 11.3 Å². The summed E-state index contributed by atoms with van der Waals surface area (Å²) in [7, 11) is 0. The Labute approximate surface area is 129 Å². The topological polar surface area (TPSA) is 84.6 Å². The lowest BCUT2D eigenvalue weighted by Gasteiger charge is -2.14. The molecule has 0 bridgehead atoms. The second kappa shape index (κ2) is 7.09. The number of rotatable bonds is 6. The number of aryl methyl sites for hydroxylation is 1. The average molecular weight is 304 g/mol. The molecule has 2 rings (SSSR count). The largest absolute Gasteiger partial charge is 0.491 e. The summed E-state index contributed by atoms with van der Waals surface area (Å²) in [4.78, 5) is 15.7. The average Bonchev–Trinajstić information content (AvgIpc) is 2.91. The molecule has 1 amide bonds. The van der Waals surface area contributed by atoms with Crippen LogP contribution in [0.1, 0.15) is 41.8 Å². The lowest BCUT2D eigenvalue weighted by atomic mass is 10.1. The van der Waals surface area contributed by atoms with Crippen LogP contribution in [-0.4, -0.2) is 28.6 Å². The van der Waals surface area contributed by atoms with Gasteiger partial charge < -0.3 is 19.6 Å². The fraction of sp³-hybridized carbons (Fsp3) is 0.375. The summed E-state index contributed by atoms with van der Waals surface area (Å²) >= 11 is 0. The maximum Gasteiger partial charge on any atom is 0.273 e. The predicted molar refractivity (Wildman–Crippen MR) is 80.7 cm³/mol. The van der Waals surface area contributed by atoms with E-state index in [-0.39, 0.29) is 24.2 Å². The molecule has 1 aromatic carbocycles. The molecule has 6 nitrogen and oxygen atoms in total. The maximum absolute atomic E-state index is 11.9. The minimum Gasteiger partial charge on any atom is -0.491 e. The molecule has 1 aromatic heterocycles. The number of nitrogens with one attached hydrogen (secondary N) is 1. The Hall–Kier alpha value is -2.34. The number of hydrogen-bond donors (Lipinski definition) is 2. The minimum absolute atomic E-state index is 0.0928. The van der Waals surface area contributed by atoms with Gasteiger partial charge in [0.05, 0.1) is 12.2 Å². The van der Waals surface area contributed by atoms with Crippen molar-refractivity contribution in [3.63, 3.8) is 0 Å². The van der Waals surface area contributed by atoms with Crippen LogP contribution in [0, 0.1) is 6.92 Å². The Kier molecular flexibility index (Phi) is 5.16. The normalized spacial score (nSPS) is 12.2. The minimum atomic E-state index is -0.802. The van der Waals surface area contributed by atoms with Gasteiger partial charge in [-0.2, -0.15) is 0 Å². The molecule has 0 aliphatic heterocycles. The fourth-order valence-electron chi connectivity index (χ4n) is 1.95. The highest BCUT2D eigenvalue weighted by atomic mass is 16.5. The van der Waals surface area contributed by atoms with Crippen LogP contribution in [0.3, 0.4) is 0 Å².